The molecule has 0 aliphatic carbocycles. The topological polar surface area (TPSA) is 71.0 Å². The first kappa shape index (κ1) is 22.2. The molecule has 0 spiro atoms. The fraction of sp³-hybridized carbons (Fsp3) is 0.947. The Morgan fingerprint density at radius 1 is 1.32 bits per heavy atom. The van der Waals surface area contributed by atoms with Crippen molar-refractivity contribution in [2.75, 3.05) is 26.8 Å². The van der Waals surface area contributed by atoms with Crippen LogP contribution in [0.1, 0.15) is 66.7 Å². The van der Waals surface area contributed by atoms with Gasteiger partial charge in [-0.1, -0.05) is 0 Å². The highest BCUT2D eigenvalue weighted by molar-refractivity contribution is 5.68. The molecule has 0 saturated carbocycles. The van der Waals surface area contributed by atoms with Gasteiger partial charge in [0, 0.05) is 45.3 Å². The maximum Gasteiger partial charge on any atom is 0.410 e. The van der Waals surface area contributed by atoms with Crippen molar-refractivity contribution >= 4 is 6.09 Å². The standard InChI is InChI=1S/C19H38N2O4/c1-15(20-14-19(5,23)10-12-24-6)13-16-9-7-8-11-21(16)17(22)25-18(2,3)4/h15-16,20,23H,7-14H2,1-6H3. The molecule has 0 bridgehead atoms. The van der Waals surface area contributed by atoms with E-state index in [2.05, 4.69) is 12.2 Å². The van der Waals surface area contributed by atoms with Crippen LogP contribution in [0.3, 0.4) is 0 Å². The van der Waals surface area contributed by atoms with Gasteiger partial charge < -0.3 is 24.8 Å². The van der Waals surface area contributed by atoms with Gasteiger partial charge in [-0.15, -0.1) is 0 Å². The molecule has 1 aliphatic rings. The van der Waals surface area contributed by atoms with E-state index in [-0.39, 0.29) is 18.2 Å². The number of rotatable bonds is 8. The summed E-state index contributed by atoms with van der Waals surface area (Å²) in [6.45, 7) is 11.4. The van der Waals surface area contributed by atoms with E-state index < -0.39 is 11.2 Å². The Bertz CT molecular complexity index is 407. The summed E-state index contributed by atoms with van der Waals surface area (Å²) in [5, 5.41) is 13.7. The van der Waals surface area contributed by atoms with Gasteiger partial charge in [0.1, 0.15) is 5.60 Å². The van der Waals surface area contributed by atoms with Crippen molar-refractivity contribution in [3.63, 3.8) is 0 Å². The van der Waals surface area contributed by atoms with Crippen LogP contribution in [0.2, 0.25) is 0 Å². The fourth-order valence-corrected chi connectivity index (χ4v) is 3.10. The molecule has 1 rings (SSSR count). The van der Waals surface area contributed by atoms with E-state index in [9.17, 15) is 9.90 Å². The lowest BCUT2D eigenvalue weighted by Crippen LogP contribution is -2.49. The summed E-state index contributed by atoms with van der Waals surface area (Å²) in [5.74, 6) is 0. The third-order valence-corrected chi connectivity index (χ3v) is 4.56. The number of carbonyl (C=O) groups is 1. The Hall–Kier alpha value is -0.850. The minimum atomic E-state index is -0.790. The van der Waals surface area contributed by atoms with Crippen LogP contribution in [-0.2, 0) is 9.47 Å². The van der Waals surface area contributed by atoms with Crippen molar-refractivity contribution in [3.8, 4) is 0 Å². The van der Waals surface area contributed by atoms with E-state index >= 15 is 0 Å². The van der Waals surface area contributed by atoms with Gasteiger partial charge in [-0.2, -0.15) is 0 Å². The second kappa shape index (κ2) is 9.74. The molecule has 1 amide bonds. The zero-order valence-corrected chi connectivity index (χ0v) is 16.9. The first-order chi connectivity index (χ1) is 11.5. The van der Waals surface area contributed by atoms with Gasteiger partial charge in [-0.05, 0) is 60.3 Å². The Labute approximate surface area is 153 Å². The number of carbonyl (C=O) groups excluding carboxylic acids is 1. The SMILES string of the molecule is COCCC(C)(O)CNC(C)CC1CCCCN1C(=O)OC(C)(C)C. The van der Waals surface area contributed by atoms with Crippen LogP contribution in [-0.4, -0.2) is 66.2 Å². The maximum absolute atomic E-state index is 12.5. The van der Waals surface area contributed by atoms with Crippen LogP contribution in [0.25, 0.3) is 0 Å². The lowest BCUT2D eigenvalue weighted by atomic mass is 9.96. The van der Waals surface area contributed by atoms with Gasteiger partial charge in [-0.25, -0.2) is 4.79 Å². The monoisotopic (exact) mass is 358 g/mol. The van der Waals surface area contributed by atoms with Crippen LogP contribution in [0.15, 0.2) is 0 Å². The first-order valence-corrected chi connectivity index (χ1v) is 9.48. The number of hydrogen-bond donors (Lipinski definition) is 2. The normalized spacial score (nSPS) is 22.4. The van der Waals surface area contributed by atoms with Crippen LogP contribution in [0, 0.1) is 0 Å². The lowest BCUT2D eigenvalue weighted by molar-refractivity contribution is 0.00556. The number of methoxy groups -OCH3 is 1. The van der Waals surface area contributed by atoms with Crippen molar-refractivity contribution < 1.29 is 19.4 Å². The predicted molar refractivity (Wildman–Crippen MR) is 99.8 cm³/mol. The molecule has 6 nitrogen and oxygen atoms in total. The molecular formula is C19H38N2O4. The second-order valence-corrected chi connectivity index (χ2v) is 8.58. The molecular weight excluding hydrogens is 320 g/mol. The number of hydrogen-bond acceptors (Lipinski definition) is 5. The molecule has 148 valence electrons. The van der Waals surface area contributed by atoms with Gasteiger partial charge in [0.25, 0.3) is 0 Å². The average molecular weight is 359 g/mol. The zero-order chi connectivity index (χ0) is 19.1. The highest BCUT2D eigenvalue weighted by Crippen LogP contribution is 2.23. The number of likely N-dealkylation sites (tertiary alicyclic amines) is 1. The molecule has 0 radical (unpaired) electrons. The smallest absolute Gasteiger partial charge is 0.410 e. The van der Waals surface area contributed by atoms with E-state index in [1.165, 1.54) is 0 Å². The Morgan fingerprint density at radius 2 is 2.00 bits per heavy atom. The maximum atomic E-state index is 12.5. The predicted octanol–water partition coefficient (Wildman–Crippen LogP) is 2.93. The highest BCUT2D eigenvalue weighted by atomic mass is 16.6. The summed E-state index contributed by atoms with van der Waals surface area (Å²) in [6, 6.07) is 0.400. The number of aliphatic hydroxyl groups is 1. The molecule has 25 heavy (non-hydrogen) atoms. The van der Waals surface area contributed by atoms with Gasteiger partial charge in [0.2, 0.25) is 0 Å². The summed E-state index contributed by atoms with van der Waals surface area (Å²) < 4.78 is 10.6. The fourth-order valence-electron chi connectivity index (χ4n) is 3.10. The van der Waals surface area contributed by atoms with Crippen molar-refractivity contribution in [2.45, 2.75) is 90.0 Å². The number of nitrogens with zero attached hydrogens (tertiary/aromatic N) is 1. The third kappa shape index (κ3) is 8.88. The third-order valence-electron chi connectivity index (χ3n) is 4.56. The van der Waals surface area contributed by atoms with Crippen molar-refractivity contribution in [2.24, 2.45) is 0 Å². The molecule has 1 fully saturated rings. The van der Waals surface area contributed by atoms with Crippen LogP contribution < -0.4 is 5.32 Å². The van der Waals surface area contributed by atoms with Crippen LogP contribution in [0.4, 0.5) is 4.79 Å². The Balaban J connectivity index is 2.52. The minimum absolute atomic E-state index is 0.190. The first-order valence-electron chi connectivity index (χ1n) is 9.48. The highest BCUT2D eigenvalue weighted by Gasteiger charge is 2.31. The van der Waals surface area contributed by atoms with Crippen LogP contribution in [0.5, 0.6) is 0 Å². The molecule has 6 heteroatoms. The molecule has 2 N–H and O–H groups in total. The second-order valence-electron chi connectivity index (χ2n) is 8.58. The van der Waals surface area contributed by atoms with Crippen molar-refractivity contribution in [3.05, 3.63) is 0 Å². The molecule has 1 aliphatic heterocycles. The molecule has 3 atom stereocenters. The van der Waals surface area contributed by atoms with E-state index in [1.807, 2.05) is 32.6 Å². The number of ether oxygens (including phenoxy) is 2. The van der Waals surface area contributed by atoms with Gasteiger partial charge in [0.05, 0.1) is 5.60 Å². The van der Waals surface area contributed by atoms with Gasteiger partial charge >= 0.3 is 6.09 Å². The van der Waals surface area contributed by atoms with Gasteiger partial charge in [0.15, 0.2) is 0 Å². The number of nitrogens with one attached hydrogen (secondary N) is 1. The van der Waals surface area contributed by atoms with Crippen molar-refractivity contribution in [1.82, 2.24) is 10.2 Å². The average Bonchev–Trinajstić information content (AvgIpc) is 2.50. The molecule has 1 saturated heterocycles. The Morgan fingerprint density at radius 3 is 2.60 bits per heavy atom. The lowest BCUT2D eigenvalue weighted by Gasteiger charge is -2.38. The summed E-state index contributed by atoms with van der Waals surface area (Å²) >= 11 is 0. The molecule has 0 aromatic carbocycles. The molecule has 3 unspecified atom stereocenters. The molecule has 0 aromatic heterocycles. The largest absolute Gasteiger partial charge is 0.444 e. The number of piperidine rings is 1. The summed E-state index contributed by atoms with van der Waals surface area (Å²) in [5.41, 5.74) is -1.26. The van der Waals surface area contributed by atoms with Crippen molar-refractivity contribution in [1.29, 1.82) is 0 Å². The van der Waals surface area contributed by atoms with E-state index in [1.54, 1.807) is 7.11 Å². The van der Waals surface area contributed by atoms with E-state index in [4.69, 9.17) is 9.47 Å². The molecule has 0 aromatic rings. The summed E-state index contributed by atoms with van der Waals surface area (Å²) in [4.78, 5) is 14.4. The van der Waals surface area contributed by atoms with E-state index in [0.717, 1.165) is 32.2 Å². The van der Waals surface area contributed by atoms with E-state index in [0.29, 0.717) is 19.6 Å². The summed E-state index contributed by atoms with van der Waals surface area (Å²) in [6.07, 6.45) is 4.42. The minimum Gasteiger partial charge on any atom is -0.444 e. The quantitative estimate of drug-likeness (QED) is 0.698. The summed E-state index contributed by atoms with van der Waals surface area (Å²) in [7, 11) is 1.64. The van der Waals surface area contributed by atoms with Crippen LogP contribution >= 0.6 is 0 Å². The zero-order valence-electron chi connectivity index (χ0n) is 16.9. The molecule has 1 heterocycles. The Kier molecular flexibility index (Phi) is 8.64. The van der Waals surface area contributed by atoms with Gasteiger partial charge in [-0.3, -0.25) is 0 Å². The number of amides is 1.